The minimum absolute atomic E-state index is 0.299. The van der Waals surface area contributed by atoms with Crippen LogP contribution in [0.2, 0.25) is 0 Å². The average Bonchev–Trinajstić information content (AvgIpc) is 2.20. The minimum Gasteiger partial charge on any atom is -0.477 e. The standard InChI is InChI=1S/C8H11N3O.C2H6/c1-5-6-3-2-4-12-7(6)11-8(9)10-5;1-2/h2-4H2,1H3,(H2,9,10,11);1-2H3. The minimum atomic E-state index is 0.299. The molecular formula is C10H17N3O. The third kappa shape index (κ3) is 2.13. The molecule has 0 fully saturated rings. The summed E-state index contributed by atoms with van der Waals surface area (Å²) in [6, 6.07) is 0. The molecule has 78 valence electrons. The highest BCUT2D eigenvalue weighted by Gasteiger charge is 2.15. The van der Waals surface area contributed by atoms with Gasteiger partial charge in [0.1, 0.15) is 0 Å². The molecule has 0 bridgehead atoms. The maximum absolute atomic E-state index is 5.48. The van der Waals surface area contributed by atoms with E-state index in [-0.39, 0.29) is 0 Å². The molecule has 2 N–H and O–H groups in total. The quantitative estimate of drug-likeness (QED) is 0.684. The van der Waals surface area contributed by atoms with Gasteiger partial charge in [0.2, 0.25) is 11.8 Å². The molecule has 2 heterocycles. The Morgan fingerprint density at radius 2 is 2.00 bits per heavy atom. The van der Waals surface area contributed by atoms with Gasteiger partial charge in [0.05, 0.1) is 6.61 Å². The van der Waals surface area contributed by atoms with Crippen molar-refractivity contribution in [3.63, 3.8) is 0 Å². The number of nitrogens with two attached hydrogens (primary N) is 1. The van der Waals surface area contributed by atoms with Crippen molar-refractivity contribution in [2.75, 3.05) is 12.3 Å². The van der Waals surface area contributed by atoms with Crippen molar-refractivity contribution in [1.82, 2.24) is 9.97 Å². The van der Waals surface area contributed by atoms with E-state index < -0.39 is 0 Å². The van der Waals surface area contributed by atoms with E-state index in [2.05, 4.69) is 9.97 Å². The zero-order valence-electron chi connectivity index (χ0n) is 9.00. The fraction of sp³-hybridized carbons (Fsp3) is 0.600. The number of nitrogen functional groups attached to an aromatic ring is 1. The summed E-state index contributed by atoms with van der Waals surface area (Å²) in [7, 11) is 0. The van der Waals surface area contributed by atoms with Gasteiger partial charge in [-0.05, 0) is 19.8 Å². The van der Waals surface area contributed by atoms with E-state index in [9.17, 15) is 0 Å². The van der Waals surface area contributed by atoms with E-state index in [1.807, 2.05) is 20.8 Å². The molecule has 0 saturated heterocycles. The molecule has 1 aliphatic heterocycles. The first-order chi connectivity index (χ1) is 6.77. The first-order valence-corrected chi connectivity index (χ1v) is 5.03. The lowest BCUT2D eigenvalue weighted by Gasteiger charge is -2.17. The third-order valence-corrected chi connectivity index (χ3v) is 2.00. The number of fused-ring (bicyclic) bond motifs is 1. The molecule has 14 heavy (non-hydrogen) atoms. The van der Waals surface area contributed by atoms with Gasteiger partial charge in [0.25, 0.3) is 0 Å². The van der Waals surface area contributed by atoms with Gasteiger partial charge in [-0.1, -0.05) is 13.8 Å². The molecule has 1 aliphatic rings. The molecule has 0 aliphatic carbocycles. The lowest BCUT2D eigenvalue weighted by atomic mass is 10.1. The summed E-state index contributed by atoms with van der Waals surface area (Å²) in [5.41, 5.74) is 7.53. The molecular weight excluding hydrogens is 178 g/mol. The van der Waals surface area contributed by atoms with E-state index in [1.165, 1.54) is 0 Å². The van der Waals surface area contributed by atoms with Gasteiger partial charge in [-0.2, -0.15) is 4.98 Å². The summed E-state index contributed by atoms with van der Waals surface area (Å²) >= 11 is 0. The Kier molecular flexibility index (Phi) is 3.68. The van der Waals surface area contributed by atoms with Gasteiger partial charge in [-0.3, -0.25) is 0 Å². The van der Waals surface area contributed by atoms with Crippen LogP contribution in [0, 0.1) is 6.92 Å². The number of hydrogen-bond donors (Lipinski definition) is 1. The van der Waals surface area contributed by atoms with Gasteiger partial charge >= 0.3 is 0 Å². The zero-order chi connectivity index (χ0) is 10.6. The van der Waals surface area contributed by atoms with Crippen LogP contribution in [0.4, 0.5) is 5.95 Å². The smallest absolute Gasteiger partial charge is 0.223 e. The summed E-state index contributed by atoms with van der Waals surface area (Å²) in [6.07, 6.45) is 2.04. The Labute approximate surface area is 84.5 Å². The summed E-state index contributed by atoms with van der Waals surface area (Å²) in [6.45, 7) is 6.68. The van der Waals surface area contributed by atoms with Crippen molar-refractivity contribution in [2.45, 2.75) is 33.6 Å². The summed E-state index contributed by atoms with van der Waals surface area (Å²) in [5.74, 6) is 0.972. The molecule has 0 atom stereocenters. The fourth-order valence-corrected chi connectivity index (χ4v) is 1.42. The van der Waals surface area contributed by atoms with Crippen molar-refractivity contribution in [1.29, 1.82) is 0 Å². The van der Waals surface area contributed by atoms with Gasteiger partial charge < -0.3 is 10.5 Å². The zero-order valence-corrected chi connectivity index (χ0v) is 9.00. The molecule has 0 unspecified atom stereocenters. The van der Waals surface area contributed by atoms with Crippen molar-refractivity contribution in [2.24, 2.45) is 0 Å². The largest absolute Gasteiger partial charge is 0.477 e. The number of aromatic nitrogens is 2. The number of aryl methyl sites for hydroxylation is 1. The molecule has 0 amide bonds. The molecule has 0 aromatic carbocycles. The van der Waals surface area contributed by atoms with Crippen LogP contribution in [0.3, 0.4) is 0 Å². The predicted molar refractivity (Wildman–Crippen MR) is 56.3 cm³/mol. The van der Waals surface area contributed by atoms with Crippen LogP contribution in [0.5, 0.6) is 5.88 Å². The third-order valence-electron chi connectivity index (χ3n) is 2.00. The molecule has 1 aromatic rings. The first kappa shape index (κ1) is 10.8. The lowest BCUT2D eigenvalue weighted by Crippen LogP contribution is -2.13. The topological polar surface area (TPSA) is 61.0 Å². The van der Waals surface area contributed by atoms with Crippen LogP contribution in [0.25, 0.3) is 0 Å². The number of hydrogen-bond acceptors (Lipinski definition) is 4. The van der Waals surface area contributed by atoms with Crippen molar-refractivity contribution in [3.8, 4) is 5.88 Å². The fourth-order valence-electron chi connectivity index (χ4n) is 1.42. The van der Waals surface area contributed by atoms with E-state index in [0.717, 1.165) is 30.7 Å². The molecule has 1 aromatic heterocycles. The normalized spacial score (nSPS) is 13.4. The monoisotopic (exact) mass is 195 g/mol. The van der Waals surface area contributed by atoms with Crippen LogP contribution >= 0.6 is 0 Å². The Morgan fingerprint density at radius 1 is 1.29 bits per heavy atom. The SMILES string of the molecule is CC.Cc1nc(N)nc2c1CCCO2. The Balaban J connectivity index is 0.000000461. The Hall–Kier alpha value is -1.32. The van der Waals surface area contributed by atoms with Crippen LogP contribution in [-0.2, 0) is 6.42 Å². The highest BCUT2D eigenvalue weighted by molar-refractivity contribution is 5.36. The summed E-state index contributed by atoms with van der Waals surface area (Å²) in [5, 5.41) is 0. The van der Waals surface area contributed by atoms with Crippen LogP contribution in [0.1, 0.15) is 31.5 Å². The molecule has 4 nitrogen and oxygen atoms in total. The van der Waals surface area contributed by atoms with Crippen LogP contribution in [-0.4, -0.2) is 16.6 Å². The lowest BCUT2D eigenvalue weighted by molar-refractivity contribution is 0.275. The number of rotatable bonds is 0. The second-order valence-electron chi connectivity index (χ2n) is 2.90. The first-order valence-electron chi connectivity index (χ1n) is 5.03. The molecule has 0 saturated carbocycles. The Morgan fingerprint density at radius 3 is 2.71 bits per heavy atom. The van der Waals surface area contributed by atoms with Gasteiger partial charge in [-0.15, -0.1) is 0 Å². The average molecular weight is 195 g/mol. The van der Waals surface area contributed by atoms with Gasteiger partial charge in [0.15, 0.2) is 0 Å². The van der Waals surface area contributed by atoms with Crippen molar-refractivity contribution < 1.29 is 4.74 Å². The van der Waals surface area contributed by atoms with E-state index in [0.29, 0.717) is 11.8 Å². The summed E-state index contributed by atoms with van der Waals surface area (Å²) < 4.78 is 5.35. The second-order valence-corrected chi connectivity index (χ2v) is 2.90. The summed E-state index contributed by atoms with van der Waals surface area (Å²) in [4.78, 5) is 8.09. The van der Waals surface area contributed by atoms with E-state index in [4.69, 9.17) is 10.5 Å². The van der Waals surface area contributed by atoms with Crippen molar-refractivity contribution in [3.05, 3.63) is 11.3 Å². The van der Waals surface area contributed by atoms with Gasteiger partial charge in [-0.25, -0.2) is 4.98 Å². The van der Waals surface area contributed by atoms with Crippen molar-refractivity contribution >= 4 is 5.95 Å². The molecule has 4 heteroatoms. The number of ether oxygens (including phenoxy) is 1. The highest BCUT2D eigenvalue weighted by Crippen LogP contribution is 2.24. The molecule has 0 radical (unpaired) electrons. The van der Waals surface area contributed by atoms with Gasteiger partial charge in [0, 0.05) is 11.3 Å². The second kappa shape index (κ2) is 4.79. The number of anilines is 1. The van der Waals surface area contributed by atoms with E-state index >= 15 is 0 Å². The predicted octanol–water partition coefficient (Wildman–Crippen LogP) is 1.72. The maximum atomic E-state index is 5.48. The highest BCUT2D eigenvalue weighted by atomic mass is 16.5. The molecule has 2 rings (SSSR count). The molecule has 0 spiro atoms. The Bertz CT molecular complexity index is 312. The van der Waals surface area contributed by atoms with Crippen LogP contribution < -0.4 is 10.5 Å². The number of nitrogens with zero attached hydrogens (tertiary/aromatic N) is 2. The maximum Gasteiger partial charge on any atom is 0.223 e. The van der Waals surface area contributed by atoms with Crippen LogP contribution in [0.15, 0.2) is 0 Å². The van der Waals surface area contributed by atoms with E-state index in [1.54, 1.807) is 0 Å².